The standard InChI is InChI=1S/C12H6F2O2/c13-8-2-1-5-11-6(8)3-9(15)7(11)4-10(16)12(5)14/h1-2,4,16H,3H2. The first-order valence-corrected chi connectivity index (χ1v) is 4.75. The summed E-state index contributed by atoms with van der Waals surface area (Å²) in [5.74, 6) is -2.19. The number of ketones is 1. The summed E-state index contributed by atoms with van der Waals surface area (Å²) < 4.78 is 27.0. The Morgan fingerprint density at radius 1 is 1.25 bits per heavy atom. The normalized spacial score (nSPS) is 13.8. The molecule has 2 aromatic carbocycles. The van der Waals surface area contributed by atoms with E-state index in [9.17, 15) is 18.7 Å². The highest BCUT2D eigenvalue weighted by Gasteiger charge is 2.27. The van der Waals surface area contributed by atoms with Crippen LogP contribution in [0.2, 0.25) is 0 Å². The van der Waals surface area contributed by atoms with Crippen molar-refractivity contribution in [3.05, 3.63) is 41.0 Å². The minimum atomic E-state index is -0.810. The van der Waals surface area contributed by atoms with Crippen LogP contribution in [0.15, 0.2) is 18.2 Å². The van der Waals surface area contributed by atoms with E-state index >= 15 is 0 Å². The van der Waals surface area contributed by atoms with Gasteiger partial charge in [-0.25, -0.2) is 8.78 Å². The van der Waals surface area contributed by atoms with Crippen molar-refractivity contribution >= 4 is 16.6 Å². The van der Waals surface area contributed by atoms with Gasteiger partial charge in [-0.15, -0.1) is 0 Å². The largest absolute Gasteiger partial charge is 0.505 e. The Morgan fingerprint density at radius 2 is 2.00 bits per heavy atom. The van der Waals surface area contributed by atoms with Gasteiger partial charge < -0.3 is 5.11 Å². The predicted molar refractivity (Wildman–Crippen MR) is 53.6 cm³/mol. The topological polar surface area (TPSA) is 37.3 Å². The Bertz CT molecular complexity index is 647. The van der Waals surface area contributed by atoms with Gasteiger partial charge in [0.25, 0.3) is 0 Å². The highest BCUT2D eigenvalue weighted by molar-refractivity contribution is 6.16. The lowest BCUT2D eigenvalue weighted by Gasteiger charge is -2.04. The molecule has 16 heavy (non-hydrogen) atoms. The summed E-state index contributed by atoms with van der Waals surface area (Å²) in [6.45, 7) is 0. The van der Waals surface area contributed by atoms with Gasteiger partial charge in [0.2, 0.25) is 0 Å². The minimum Gasteiger partial charge on any atom is -0.505 e. The maximum absolute atomic E-state index is 13.6. The quantitative estimate of drug-likeness (QED) is 0.740. The number of aromatic hydroxyl groups is 1. The highest BCUT2D eigenvalue weighted by Crippen LogP contribution is 2.37. The lowest BCUT2D eigenvalue weighted by Crippen LogP contribution is -1.94. The maximum atomic E-state index is 13.6. The van der Waals surface area contributed by atoms with Crippen molar-refractivity contribution in [2.24, 2.45) is 0 Å². The second-order valence-electron chi connectivity index (χ2n) is 3.81. The summed E-state index contributed by atoms with van der Waals surface area (Å²) in [5.41, 5.74) is 0.416. The summed E-state index contributed by atoms with van der Waals surface area (Å²) in [7, 11) is 0. The molecule has 0 atom stereocenters. The second kappa shape index (κ2) is 2.78. The summed E-state index contributed by atoms with van der Waals surface area (Å²) in [5, 5.41) is 9.71. The molecule has 0 aromatic heterocycles. The van der Waals surface area contributed by atoms with Crippen LogP contribution >= 0.6 is 0 Å². The van der Waals surface area contributed by atoms with Gasteiger partial charge in [-0.2, -0.15) is 0 Å². The number of halogens is 2. The Labute approximate surface area is 89.1 Å². The van der Waals surface area contributed by atoms with Gasteiger partial charge in [-0.3, -0.25) is 4.79 Å². The third-order valence-corrected chi connectivity index (χ3v) is 2.91. The molecule has 0 aliphatic heterocycles. The molecule has 2 aromatic rings. The molecule has 4 heteroatoms. The highest BCUT2D eigenvalue weighted by atomic mass is 19.1. The molecule has 0 heterocycles. The van der Waals surface area contributed by atoms with Crippen LogP contribution in [-0.2, 0) is 6.42 Å². The van der Waals surface area contributed by atoms with Crippen LogP contribution in [-0.4, -0.2) is 10.9 Å². The monoisotopic (exact) mass is 220 g/mol. The third-order valence-electron chi connectivity index (χ3n) is 2.91. The number of hydrogen-bond donors (Lipinski definition) is 1. The molecule has 0 radical (unpaired) electrons. The van der Waals surface area contributed by atoms with Gasteiger partial charge in [0, 0.05) is 28.3 Å². The van der Waals surface area contributed by atoms with Crippen molar-refractivity contribution in [3.8, 4) is 5.75 Å². The average molecular weight is 220 g/mol. The minimum absolute atomic E-state index is 0.0681. The molecule has 0 spiro atoms. The SMILES string of the molecule is O=C1Cc2c(F)ccc3c(F)c(O)cc1c23. The Hall–Kier alpha value is -1.97. The van der Waals surface area contributed by atoms with Crippen molar-refractivity contribution in [2.45, 2.75) is 6.42 Å². The fraction of sp³-hybridized carbons (Fsp3) is 0.0833. The molecule has 80 valence electrons. The zero-order chi connectivity index (χ0) is 11.4. The van der Waals surface area contributed by atoms with E-state index in [1.165, 1.54) is 6.07 Å². The number of carbonyl (C=O) groups excluding carboxylic acids is 1. The molecular formula is C12H6F2O2. The van der Waals surface area contributed by atoms with E-state index in [4.69, 9.17) is 0 Å². The lowest BCUT2D eigenvalue weighted by atomic mass is 10.0. The molecule has 0 amide bonds. The number of carbonyl (C=O) groups is 1. The molecular weight excluding hydrogens is 214 g/mol. The molecule has 2 nitrogen and oxygen atoms in total. The smallest absolute Gasteiger partial charge is 0.172 e. The van der Waals surface area contributed by atoms with Crippen LogP contribution in [0, 0.1) is 11.6 Å². The number of phenols is 1. The summed E-state index contributed by atoms with van der Waals surface area (Å²) in [4.78, 5) is 11.6. The van der Waals surface area contributed by atoms with Gasteiger partial charge in [0.05, 0.1) is 0 Å². The number of rotatable bonds is 0. The molecule has 0 unspecified atom stereocenters. The zero-order valence-electron chi connectivity index (χ0n) is 8.05. The predicted octanol–water partition coefficient (Wildman–Crippen LogP) is 2.56. The first kappa shape index (κ1) is 9.27. The summed E-state index contributed by atoms with van der Waals surface area (Å²) in [6.07, 6.45) is -0.0681. The first-order valence-electron chi connectivity index (χ1n) is 4.75. The van der Waals surface area contributed by atoms with Crippen LogP contribution in [0.3, 0.4) is 0 Å². The van der Waals surface area contributed by atoms with Gasteiger partial charge in [-0.05, 0) is 18.2 Å². The fourth-order valence-corrected chi connectivity index (χ4v) is 2.17. The van der Waals surface area contributed by atoms with Crippen LogP contribution in [0.4, 0.5) is 8.78 Å². The van der Waals surface area contributed by atoms with E-state index in [-0.39, 0.29) is 28.7 Å². The number of phenolic OH excluding ortho intramolecular Hbond substituents is 1. The van der Waals surface area contributed by atoms with E-state index in [1.54, 1.807) is 0 Å². The van der Waals surface area contributed by atoms with Gasteiger partial charge in [0.1, 0.15) is 5.82 Å². The zero-order valence-corrected chi connectivity index (χ0v) is 8.05. The van der Waals surface area contributed by atoms with Crippen LogP contribution in [0.1, 0.15) is 15.9 Å². The van der Waals surface area contributed by atoms with Crippen LogP contribution in [0.5, 0.6) is 5.75 Å². The molecule has 3 rings (SSSR count). The summed E-state index contributed by atoms with van der Waals surface area (Å²) >= 11 is 0. The maximum Gasteiger partial charge on any atom is 0.172 e. The molecule has 1 aliphatic carbocycles. The molecule has 0 saturated carbocycles. The average Bonchev–Trinajstić information content (AvgIpc) is 2.57. The Morgan fingerprint density at radius 3 is 2.75 bits per heavy atom. The van der Waals surface area contributed by atoms with E-state index in [1.807, 2.05) is 0 Å². The molecule has 1 N–H and O–H groups in total. The lowest BCUT2D eigenvalue weighted by molar-refractivity contribution is 0.0998. The van der Waals surface area contributed by atoms with Crippen molar-refractivity contribution in [1.82, 2.24) is 0 Å². The van der Waals surface area contributed by atoms with E-state index in [0.29, 0.717) is 5.39 Å². The fourth-order valence-electron chi connectivity index (χ4n) is 2.17. The van der Waals surface area contributed by atoms with Crippen LogP contribution in [0.25, 0.3) is 10.8 Å². The van der Waals surface area contributed by atoms with E-state index in [2.05, 4.69) is 0 Å². The van der Waals surface area contributed by atoms with Gasteiger partial charge in [-0.1, -0.05) is 0 Å². The van der Waals surface area contributed by atoms with E-state index in [0.717, 1.165) is 12.1 Å². The summed E-state index contributed by atoms with van der Waals surface area (Å²) in [6, 6.07) is 3.42. The van der Waals surface area contributed by atoms with Gasteiger partial charge in [0.15, 0.2) is 17.3 Å². The van der Waals surface area contributed by atoms with Gasteiger partial charge >= 0.3 is 0 Å². The van der Waals surface area contributed by atoms with Crippen molar-refractivity contribution < 1.29 is 18.7 Å². The van der Waals surface area contributed by atoms with E-state index < -0.39 is 17.4 Å². The first-order chi connectivity index (χ1) is 7.59. The Balaban J connectivity index is 2.59. The van der Waals surface area contributed by atoms with Crippen molar-refractivity contribution in [2.75, 3.05) is 0 Å². The number of hydrogen-bond acceptors (Lipinski definition) is 2. The molecule has 0 fully saturated rings. The number of Topliss-reactive ketones (excluding diaryl/α,β-unsaturated/α-hetero) is 1. The third kappa shape index (κ3) is 0.961. The number of benzene rings is 2. The molecule has 1 aliphatic rings. The van der Waals surface area contributed by atoms with Crippen LogP contribution < -0.4 is 0 Å². The van der Waals surface area contributed by atoms with Crippen molar-refractivity contribution in [3.63, 3.8) is 0 Å². The molecule has 0 bridgehead atoms. The van der Waals surface area contributed by atoms with Crippen molar-refractivity contribution in [1.29, 1.82) is 0 Å². The Kier molecular flexibility index (Phi) is 1.61. The second-order valence-corrected chi connectivity index (χ2v) is 3.81. The molecule has 0 saturated heterocycles.